The average molecular weight is 769 g/mol. The van der Waals surface area contributed by atoms with Gasteiger partial charge in [-0.1, -0.05) is 45.9 Å². The maximum atomic E-state index is 14.2. The van der Waals surface area contributed by atoms with Gasteiger partial charge in [0.2, 0.25) is 12.3 Å². The second kappa shape index (κ2) is 16.7. The fourth-order valence-corrected chi connectivity index (χ4v) is 7.20. The van der Waals surface area contributed by atoms with E-state index in [9.17, 15) is 49.4 Å². The summed E-state index contributed by atoms with van der Waals surface area (Å²) in [6.07, 6.45) is 2.32. The fourth-order valence-electron chi connectivity index (χ4n) is 7.20. The Balaban J connectivity index is 1.91. The standard InChI is InChI=1S/C39H48N2O14/c1-17-11-10-12-18(2)38(49)40-29-24(13-15-41(50)51)33(46)26-27(34(29)47)32(45)22(6)36-28(26)37(48)39(8,55-36)53-16-14-25(52-9)19(3)35(54-23(7)42)21(5)31(44)20(4)30(17)43/h10-12,14,16-17,19-21,25,30-31,35,43-45H,13,15H2,1-9H3,(H,40,49)/b11-10+,16-14+,18-12-/t17-,19+,20+,21+,25-,30-,31+,35+,39-/m0/s1. The number of methoxy groups -OCH3 is 1. The lowest BCUT2D eigenvalue weighted by Gasteiger charge is -2.38. The highest BCUT2D eigenvalue weighted by molar-refractivity contribution is 6.32. The predicted octanol–water partition coefficient (Wildman–Crippen LogP) is 3.67. The second-order valence-electron chi connectivity index (χ2n) is 14.4. The van der Waals surface area contributed by atoms with Crippen LogP contribution in [0.15, 0.2) is 47.4 Å². The zero-order valence-corrected chi connectivity index (χ0v) is 32.2. The Morgan fingerprint density at radius 1 is 0.982 bits per heavy atom. The molecule has 0 unspecified atom stereocenters. The van der Waals surface area contributed by atoms with E-state index in [4.69, 9.17) is 18.9 Å². The number of rotatable bonds is 5. The monoisotopic (exact) mass is 768 g/mol. The summed E-state index contributed by atoms with van der Waals surface area (Å²) >= 11 is 0. The molecule has 0 radical (unpaired) electrons. The van der Waals surface area contributed by atoms with Crippen molar-refractivity contribution in [2.24, 2.45) is 23.7 Å². The number of phenols is 1. The van der Waals surface area contributed by atoms with Gasteiger partial charge in [0.25, 0.3) is 11.7 Å². The molecule has 3 heterocycles. The smallest absolute Gasteiger partial charge is 0.312 e. The molecule has 0 spiro atoms. The molecule has 1 aromatic carbocycles. The van der Waals surface area contributed by atoms with E-state index in [1.54, 1.807) is 33.8 Å². The molecular formula is C39H48N2O14. The van der Waals surface area contributed by atoms with Gasteiger partial charge in [0.05, 0.1) is 47.0 Å². The SMILES string of the molecule is CO[C@H]1/C=C/O[C@@]2(C)Oc3c(C)c(O)c4c(c3C2=O)C(=O)C(CC[N+](=O)[O-])=C(NC(=O)/C(C)=C\C=C\[C@H](C)[C@H](O)[C@@H](C)[C@@H](O)[C@@H](C)[C@H](OC(C)=O)[C@@H]1C)C4=O. The molecule has 298 valence electrons. The summed E-state index contributed by atoms with van der Waals surface area (Å²) in [6.45, 7) is 11.1. The molecule has 0 aromatic heterocycles. The highest BCUT2D eigenvalue weighted by atomic mass is 16.7. The lowest BCUT2D eigenvalue weighted by atomic mass is 9.78. The van der Waals surface area contributed by atoms with Crippen LogP contribution in [-0.2, 0) is 23.8 Å². The lowest BCUT2D eigenvalue weighted by molar-refractivity contribution is -0.479. The molecule has 0 fully saturated rings. The van der Waals surface area contributed by atoms with Crippen LogP contribution < -0.4 is 10.1 Å². The topological polar surface area (TPSA) is 238 Å². The number of fused-ring (bicyclic) bond motifs is 14. The fraction of sp³-hybridized carbons (Fsp3) is 0.513. The molecule has 4 aliphatic rings. The number of hydrogen-bond acceptors (Lipinski definition) is 14. The van der Waals surface area contributed by atoms with E-state index < -0.39 is 129 Å². The number of ketones is 3. The van der Waals surface area contributed by atoms with E-state index in [2.05, 4.69) is 5.32 Å². The van der Waals surface area contributed by atoms with Gasteiger partial charge in [0, 0.05) is 72.7 Å². The molecule has 5 bridgehead atoms. The first-order chi connectivity index (χ1) is 25.7. The van der Waals surface area contributed by atoms with Gasteiger partial charge in [0.15, 0.2) is 5.78 Å². The van der Waals surface area contributed by atoms with Gasteiger partial charge in [0.1, 0.15) is 17.6 Å². The van der Waals surface area contributed by atoms with Crippen molar-refractivity contribution in [3.8, 4) is 11.5 Å². The number of carbonyl (C=O) groups excluding carboxylic acids is 5. The number of carbonyl (C=O) groups is 5. The number of benzene rings is 1. The number of Topliss-reactive ketones (excluding diaryl/α,β-unsaturated/α-hetero) is 3. The van der Waals surface area contributed by atoms with Gasteiger partial charge >= 0.3 is 11.8 Å². The summed E-state index contributed by atoms with van der Waals surface area (Å²) in [5.74, 6) is -10.2. The Hall–Kier alpha value is -5.19. The summed E-state index contributed by atoms with van der Waals surface area (Å²) < 4.78 is 23.1. The van der Waals surface area contributed by atoms with Crippen LogP contribution in [0, 0.1) is 40.7 Å². The van der Waals surface area contributed by atoms with Crippen molar-refractivity contribution in [2.45, 2.75) is 92.0 Å². The minimum Gasteiger partial charge on any atom is -0.507 e. The van der Waals surface area contributed by atoms with Crippen molar-refractivity contribution in [3.05, 3.63) is 79.8 Å². The molecule has 16 heteroatoms. The first-order valence-corrected chi connectivity index (χ1v) is 17.8. The van der Waals surface area contributed by atoms with Crippen LogP contribution in [-0.4, -0.2) is 93.3 Å². The molecule has 0 saturated heterocycles. The molecule has 0 saturated carbocycles. The summed E-state index contributed by atoms with van der Waals surface area (Å²) in [5.41, 5.74) is -2.63. The Kier molecular flexibility index (Phi) is 12.9. The minimum absolute atomic E-state index is 0.0334. The largest absolute Gasteiger partial charge is 0.507 e. The third-order valence-corrected chi connectivity index (χ3v) is 10.6. The van der Waals surface area contributed by atoms with Gasteiger partial charge in [-0.25, -0.2) is 0 Å². The quantitative estimate of drug-likeness (QED) is 0.190. The molecule has 1 aromatic rings. The van der Waals surface area contributed by atoms with Crippen molar-refractivity contribution in [3.63, 3.8) is 0 Å². The first kappa shape index (κ1) is 42.6. The summed E-state index contributed by atoms with van der Waals surface area (Å²) in [4.78, 5) is 78.8. The number of phenolic OH excluding ortho intramolecular Hbond substituents is 1. The maximum absolute atomic E-state index is 14.2. The Morgan fingerprint density at radius 3 is 2.24 bits per heavy atom. The number of nitrogens with zero attached hydrogens (tertiary/aromatic N) is 1. The third kappa shape index (κ3) is 8.26. The highest BCUT2D eigenvalue weighted by Crippen LogP contribution is 2.49. The molecule has 16 nitrogen and oxygen atoms in total. The number of nitro groups is 1. The van der Waals surface area contributed by atoms with Crippen molar-refractivity contribution in [1.82, 2.24) is 5.32 Å². The van der Waals surface area contributed by atoms with Crippen molar-refractivity contribution >= 4 is 29.2 Å². The average Bonchev–Trinajstić information content (AvgIpc) is 3.39. The highest BCUT2D eigenvalue weighted by Gasteiger charge is 2.52. The van der Waals surface area contributed by atoms with Gasteiger partial charge in [-0.2, -0.15) is 0 Å². The number of amides is 1. The van der Waals surface area contributed by atoms with E-state index in [0.29, 0.717) is 0 Å². The van der Waals surface area contributed by atoms with Crippen LogP contribution in [0.5, 0.6) is 11.5 Å². The molecular weight excluding hydrogens is 720 g/mol. The number of ether oxygens (including phenoxy) is 4. The second-order valence-corrected chi connectivity index (χ2v) is 14.4. The van der Waals surface area contributed by atoms with Crippen LogP contribution in [0.1, 0.15) is 91.5 Å². The van der Waals surface area contributed by atoms with Crippen molar-refractivity contribution < 1.29 is 63.2 Å². The summed E-state index contributed by atoms with van der Waals surface area (Å²) in [6, 6.07) is 0. The number of esters is 1. The molecule has 4 N–H and O–H groups in total. The van der Waals surface area contributed by atoms with Crippen LogP contribution in [0.25, 0.3) is 0 Å². The van der Waals surface area contributed by atoms with Gasteiger partial charge in [-0.05, 0) is 19.9 Å². The molecule has 5 rings (SSSR count). The predicted molar refractivity (Wildman–Crippen MR) is 195 cm³/mol. The van der Waals surface area contributed by atoms with E-state index in [0.717, 1.165) is 6.26 Å². The number of aliphatic hydroxyl groups excluding tert-OH is 2. The Morgan fingerprint density at radius 2 is 1.64 bits per heavy atom. The molecule has 1 amide bonds. The number of nitrogens with one attached hydrogen (secondary N) is 1. The Labute approximate surface area is 318 Å². The zero-order chi connectivity index (χ0) is 41.3. The minimum atomic E-state index is -2.15. The summed E-state index contributed by atoms with van der Waals surface area (Å²) in [5, 5.41) is 47.8. The van der Waals surface area contributed by atoms with Crippen LogP contribution in [0.3, 0.4) is 0 Å². The van der Waals surface area contributed by atoms with Crippen LogP contribution in [0.2, 0.25) is 0 Å². The van der Waals surface area contributed by atoms with Gasteiger partial charge in [-0.15, -0.1) is 0 Å². The lowest BCUT2D eigenvalue weighted by Crippen LogP contribution is -2.46. The number of aromatic hydroxyl groups is 1. The number of aliphatic hydroxyl groups is 2. The zero-order valence-electron chi connectivity index (χ0n) is 32.2. The van der Waals surface area contributed by atoms with Gasteiger partial charge < -0.3 is 39.6 Å². The van der Waals surface area contributed by atoms with Gasteiger partial charge in [-0.3, -0.25) is 34.1 Å². The molecule has 9 atom stereocenters. The van der Waals surface area contributed by atoms with E-state index >= 15 is 0 Å². The molecule has 55 heavy (non-hydrogen) atoms. The van der Waals surface area contributed by atoms with Crippen molar-refractivity contribution in [2.75, 3.05) is 13.7 Å². The summed E-state index contributed by atoms with van der Waals surface area (Å²) in [7, 11) is 1.39. The normalized spacial score (nSPS) is 32.5. The van der Waals surface area contributed by atoms with Crippen LogP contribution >= 0.6 is 0 Å². The first-order valence-electron chi connectivity index (χ1n) is 17.8. The maximum Gasteiger partial charge on any atom is 0.312 e. The van der Waals surface area contributed by atoms with E-state index in [1.165, 1.54) is 53.0 Å². The third-order valence-electron chi connectivity index (χ3n) is 10.6. The van der Waals surface area contributed by atoms with Crippen molar-refractivity contribution in [1.29, 1.82) is 0 Å². The molecule has 3 aliphatic heterocycles. The number of allylic oxidation sites excluding steroid dienone is 3. The Bertz CT molecular complexity index is 1910. The van der Waals surface area contributed by atoms with E-state index in [-0.39, 0.29) is 22.4 Å². The molecule has 1 aliphatic carbocycles. The van der Waals surface area contributed by atoms with Crippen LogP contribution in [0.4, 0.5) is 0 Å². The van der Waals surface area contributed by atoms with E-state index in [1.807, 2.05) is 0 Å². The number of hydrogen-bond donors (Lipinski definition) is 4.